The third kappa shape index (κ3) is 4.21. The van der Waals surface area contributed by atoms with Crippen LogP contribution in [-0.2, 0) is 11.3 Å². The lowest BCUT2D eigenvalue weighted by Gasteiger charge is -2.15. The fraction of sp³-hybridized carbons (Fsp3) is 0.500. The van der Waals surface area contributed by atoms with E-state index in [2.05, 4.69) is 29.6 Å². The van der Waals surface area contributed by atoms with Crippen molar-refractivity contribution in [2.45, 2.75) is 27.3 Å². The van der Waals surface area contributed by atoms with Crippen molar-refractivity contribution in [2.24, 2.45) is 0 Å². The Balaban J connectivity index is 2.57. The van der Waals surface area contributed by atoms with Crippen molar-refractivity contribution >= 4 is 11.8 Å². The highest BCUT2D eigenvalue weighted by Gasteiger charge is 2.12. The maximum atomic E-state index is 11.6. The van der Waals surface area contributed by atoms with Gasteiger partial charge in [-0.15, -0.1) is 0 Å². The molecule has 1 aromatic heterocycles. The Morgan fingerprint density at radius 2 is 1.89 bits per heavy atom. The number of hydrazine groups is 1. The topological polar surface area (TPSA) is 74.6 Å². The molecule has 1 aromatic rings. The Morgan fingerprint density at radius 3 is 2.44 bits per heavy atom. The minimum Gasteiger partial charge on any atom is -0.454 e. The molecule has 6 nitrogen and oxygen atoms in total. The second-order valence-corrected chi connectivity index (χ2v) is 3.86. The van der Waals surface area contributed by atoms with Gasteiger partial charge in [-0.2, -0.15) is 0 Å². The van der Waals surface area contributed by atoms with E-state index in [4.69, 9.17) is 4.42 Å². The van der Waals surface area contributed by atoms with Gasteiger partial charge >= 0.3 is 5.91 Å². The molecule has 0 spiro atoms. The van der Waals surface area contributed by atoms with E-state index in [1.165, 1.54) is 6.92 Å². The first-order valence-electron chi connectivity index (χ1n) is 5.94. The second kappa shape index (κ2) is 6.80. The van der Waals surface area contributed by atoms with Crippen molar-refractivity contribution in [3.05, 3.63) is 23.7 Å². The smallest absolute Gasteiger partial charge is 0.305 e. The SMILES string of the molecule is CCN(CC)Cc1ccc(C(=O)NNC(C)=O)o1. The summed E-state index contributed by atoms with van der Waals surface area (Å²) in [5.74, 6) is 0.117. The highest BCUT2D eigenvalue weighted by atomic mass is 16.4. The van der Waals surface area contributed by atoms with Crippen molar-refractivity contribution in [3.8, 4) is 0 Å². The zero-order valence-corrected chi connectivity index (χ0v) is 10.9. The van der Waals surface area contributed by atoms with Crippen molar-refractivity contribution in [2.75, 3.05) is 13.1 Å². The number of carbonyl (C=O) groups excluding carboxylic acids is 2. The largest absolute Gasteiger partial charge is 0.454 e. The first kappa shape index (κ1) is 14.2. The van der Waals surface area contributed by atoms with Crippen molar-refractivity contribution < 1.29 is 14.0 Å². The van der Waals surface area contributed by atoms with E-state index in [9.17, 15) is 9.59 Å². The lowest BCUT2D eigenvalue weighted by Crippen LogP contribution is -2.40. The van der Waals surface area contributed by atoms with Crippen LogP contribution in [-0.4, -0.2) is 29.8 Å². The normalized spacial score (nSPS) is 10.4. The van der Waals surface area contributed by atoms with E-state index < -0.39 is 5.91 Å². The molecule has 0 saturated carbocycles. The van der Waals surface area contributed by atoms with Crippen LogP contribution in [0, 0.1) is 0 Å². The molecule has 0 aliphatic heterocycles. The van der Waals surface area contributed by atoms with E-state index in [1.807, 2.05) is 0 Å². The van der Waals surface area contributed by atoms with Crippen LogP contribution in [0.1, 0.15) is 37.1 Å². The van der Waals surface area contributed by atoms with E-state index in [-0.39, 0.29) is 11.7 Å². The van der Waals surface area contributed by atoms with Crippen LogP contribution >= 0.6 is 0 Å². The van der Waals surface area contributed by atoms with Gasteiger partial charge in [-0.1, -0.05) is 13.8 Å². The summed E-state index contributed by atoms with van der Waals surface area (Å²) in [5, 5.41) is 0. The second-order valence-electron chi connectivity index (χ2n) is 3.86. The quantitative estimate of drug-likeness (QED) is 0.765. The van der Waals surface area contributed by atoms with Crippen LogP contribution in [0.2, 0.25) is 0 Å². The van der Waals surface area contributed by atoms with Crippen LogP contribution in [0.4, 0.5) is 0 Å². The van der Waals surface area contributed by atoms with Crippen molar-refractivity contribution in [1.29, 1.82) is 0 Å². The molecule has 6 heteroatoms. The Kier molecular flexibility index (Phi) is 5.38. The molecule has 100 valence electrons. The molecule has 0 aliphatic carbocycles. The van der Waals surface area contributed by atoms with Gasteiger partial charge in [-0.05, 0) is 25.2 Å². The molecule has 0 atom stereocenters. The molecule has 1 heterocycles. The van der Waals surface area contributed by atoms with Gasteiger partial charge in [0, 0.05) is 6.92 Å². The summed E-state index contributed by atoms with van der Waals surface area (Å²) in [6.45, 7) is 7.96. The number of hydrogen-bond donors (Lipinski definition) is 2. The fourth-order valence-electron chi connectivity index (χ4n) is 1.46. The summed E-state index contributed by atoms with van der Waals surface area (Å²) in [6, 6.07) is 3.36. The summed E-state index contributed by atoms with van der Waals surface area (Å²) in [5.41, 5.74) is 4.45. The Hall–Kier alpha value is -1.82. The number of furan rings is 1. The van der Waals surface area contributed by atoms with Gasteiger partial charge in [0.15, 0.2) is 5.76 Å². The summed E-state index contributed by atoms with van der Waals surface area (Å²) < 4.78 is 5.41. The van der Waals surface area contributed by atoms with Crippen LogP contribution in [0.5, 0.6) is 0 Å². The van der Waals surface area contributed by atoms with Gasteiger partial charge in [0.05, 0.1) is 6.54 Å². The molecule has 0 fully saturated rings. The monoisotopic (exact) mass is 253 g/mol. The number of amides is 2. The van der Waals surface area contributed by atoms with Gasteiger partial charge < -0.3 is 4.42 Å². The van der Waals surface area contributed by atoms with E-state index in [0.717, 1.165) is 18.8 Å². The zero-order chi connectivity index (χ0) is 13.5. The van der Waals surface area contributed by atoms with Crippen LogP contribution in [0.3, 0.4) is 0 Å². The Labute approximate surface area is 106 Å². The van der Waals surface area contributed by atoms with E-state index >= 15 is 0 Å². The first-order valence-corrected chi connectivity index (χ1v) is 5.94. The molecule has 18 heavy (non-hydrogen) atoms. The third-order valence-electron chi connectivity index (χ3n) is 2.51. The van der Waals surface area contributed by atoms with Crippen LogP contribution in [0.25, 0.3) is 0 Å². The predicted octanol–water partition coefficient (Wildman–Crippen LogP) is 0.902. The average molecular weight is 253 g/mol. The number of carbonyl (C=O) groups is 2. The molecular formula is C12H19N3O3. The van der Waals surface area contributed by atoms with E-state index in [0.29, 0.717) is 6.54 Å². The number of hydrogen-bond acceptors (Lipinski definition) is 4. The Morgan fingerprint density at radius 1 is 1.22 bits per heavy atom. The number of nitrogens with one attached hydrogen (secondary N) is 2. The lowest BCUT2D eigenvalue weighted by atomic mass is 10.4. The van der Waals surface area contributed by atoms with Gasteiger partial charge in [0.25, 0.3) is 0 Å². The fourth-order valence-corrected chi connectivity index (χ4v) is 1.46. The molecule has 0 radical (unpaired) electrons. The summed E-state index contributed by atoms with van der Waals surface area (Å²) in [4.78, 5) is 24.4. The minimum absolute atomic E-state index is 0.186. The summed E-state index contributed by atoms with van der Waals surface area (Å²) >= 11 is 0. The van der Waals surface area contributed by atoms with Crippen molar-refractivity contribution in [3.63, 3.8) is 0 Å². The number of rotatable bonds is 5. The predicted molar refractivity (Wildman–Crippen MR) is 66.6 cm³/mol. The molecule has 0 aliphatic rings. The van der Waals surface area contributed by atoms with Crippen molar-refractivity contribution in [1.82, 2.24) is 15.8 Å². The molecular weight excluding hydrogens is 234 g/mol. The molecule has 0 bridgehead atoms. The maximum absolute atomic E-state index is 11.6. The molecule has 2 amide bonds. The van der Waals surface area contributed by atoms with Gasteiger partial charge in [0.2, 0.25) is 5.91 Å². The molecule has 0 unspecified atom stereocenters. The molecule has 1 rings (SSSR count). The average Bonchev–Trinajstić information content (AvgIpc) is 2.81. The van der Waals surface area contributed by atoms with Gasteiger partial charge in [-0.3, -0.25) is 25.3 Å². The highest BCUT2D eigenvalue weighted by molar-refractivity contribution is 5.92. The molecule has 0 aromatic carbocycles. The summed E-state index contributed by atoms with van der Waals surface area (Å²) in [7, 11) is 0. The molecule has 0 saturated heterocycles. The van der Waals surface area contributed by atoms with Crippen LogP contribution in [0.15, 0.2) is 16.5 Å². The third-order valence-corrected chi connectivity index (χ3v) is 2.51. The zero-order valence-electron chi connectivity index (χ0n) is 10.9. The minimum atomic E-state index is -0.462. The molecule has 2 N–H and O–H groups in total. The summed E-state index contributed by atoms with van der Waals surface area (Å²) in [6.07, 6.45) is 0. The lowest BCUT2D eigenvalue weighted by molar-refractivity contribution is -0.119. The maximum Gasteiger partial charge on any atom is 0.305 e. The Bertz CT molecular complexity index is 410. The standard InChI is InChI=1S/C12H19N3O3/c1-4-15(5-2)8-10-6-7-11(18-10)12(17)14-13-9(3)16/h6-7H,4-5,8H2,1-3H3,(H,13,16)(H,14,17). The van der Waals surface area contributed by atoms with Gasteiger partial charge in [0.1, 0.15) is 5.76 Å². The first-order chi connectivity index (χ1) is 8.56. The van der Waals surface area contributed by atoms with Gasteiger partial charge in [-0.25, -0.2) is 0 Å². The highest BCUT2D eigenvalue weighted by Crippen LogP contribution is 2.10. The number of nitrogens with zero attached hydrogens (tertiary/aromatic N) is 1. The van der Waals surface area contributed by atoms with E-state index in [1.54, 1.807) is 12.1 Å². The van der Waals surface area contributed by atoms with Crippen LogP contribution < -0.4 is 10.9 Å².